The van der Waals surface area contributed by atoms with Gasteiger partial charge in [0.25, 0.3) is 0 Å². The topological polar surface area (TPSA) is 49.9 Å². The number of benzene rings is 1. The minimum absolute atomic E-state index is 0.309. The molecule has 0 unspecified atom stereocenters. The summed E-state index contributed by atoms with van der Waals surface area (Å²) < 4.78 is 24.9. The van der Waals surface area contributed by atoms with E-state index in [1.807, 2.05) is 32.9 Å². The van der Waals surface area contributed by atoms with Crippen molar-refractivity contribution in [3.63, 3.8) is 0 Å². The van der Waals surface area contributed by atoms with Gasteiger partial charge in [-0.05, 0) is 43.5 Å². The van der Waals surface area contributed by atoms with E-state index < -0.39 is 9.84 Å². The molecular formula is C14H17NO2S. The van der Waals surface area contributed by atoms with Crippen molar-refractivity contribution in [2.45, 2.75) is 37.1 Å². The van der Waals surface area contributed by atoms with Crippen LogP contribution in [-0.4, -0.2) is 13.4 Å². The first-order chi connectivity index (χ1) is 8.46. The first-order valence-electron chi connectivity index (χ1n) is 5.95. The second kappa shape index (κ2) is 4.61. The molecule has 0 aliphatic heterocycles. The van der Waals surface area contributed by atoms with Crippen molar-refractivity contribution in [3.8, 4) is 0 Å². The second-order valence-electron chi connectivity index (χ2n) is 4.44. The molecule has 3 nitrogen and oxygen atoms in total. The molecule has 2 rings (SSSR count). The summed E-state index contributed by atoms with van der Waals surface area (Å²) >= 11 is 0. The summed E-state index contributed by atoms with van der Waals surface area (Å²) in [5.74, 6) is 0. The van der Waals surface area contributed by atoms with Crippen LogP contribution in [0.4, 0.5) is 0 Å². The number of aryl methyl sites for hydroxylation is 2. The fourth-order valence-electron chi connectivity index (χ4n) is 2.00. The minimum Gasteiger partial charge on any atom is -0.352 e. The molecule has 0 radical (unpaired) electrons. The SMILES string of the molecule is CCc1c[15nH]c(S(=O)(=O)c2ccc(C)cc2)c1C. The number of hydrogen-bond acceptors (Lipinski definition) is 2. The molecule has 0 fully saturated rings. The van der Waals surface area contributed by atoms with Gasteiger partial charge < -0.3 is 4.98 Å². The largest absolute Gasteiger partial charge is 0.352 e. The van der Waals surface area contributed by atoms with Crippen molar-refractivity contribution in [3.05, 3.63) is 47.2 Å². The lowest BCUT2D eigenvalue weighted by Gasteiger charge is -2.05. The van der Waals surface area contributed by atoms with Crippen LogP contribution in [0.5, 0.6) is 0 Å². The summed E-state index contributed by atoms with van der Waals surface area (Å²) in [7, 11) is -3.43. The quantitative estimate of drug-likeness (QED) is 0.926. The van der Waals surface area contributed by atoms with Gasteiger partial charge in [0.15, 0.2) is 0 Å². The zero-order valence-electron chi connectivity index (χ0n) is 10.8. The highest BCUT2D eigenvalue weighted by Crippen LogP contribution is 2.25. The molecule has 4 heteroatoms. The molecule has 0 amide bonds. The number of rotatable bonds is 3. The van der Waals surface area contributed by atoms with Crippen LogP contribution < -0.4 is 0 Å². The average Bonchev–Trinajstić information content (AvgIpc) is 2.71. The lowest BCUT2D eigenvalue weighted by atomic mass is 10.2. The Hall–Kier alpha value is -1.55. The summed E-state index contributed by atoms with van der Waals surface area (Å²) in [5.41, 5.74) is 2.91. The van der Waals surface area contributed by atoms with Crippen LogP contribution in [0.25, 0.3) is 0 Å². The minimum atomic E-state index is -3.43. The maximum absolute atomic E-state index is 12.5. The van der Waals surface area contributed by atoms with Gasteiger partial charge in [0, 0.05) is 6.20 Å². The fourth-order valence-corrected chi connectivity index (χ4v) is 3.47. The highest BCUT2D eigenvalue weighted by molar-refractivity contribution is 7.91. The Labute approximate surface area is 108 Å². The van der Waals surface area contributed by atoms with E-state index in [-0.39, 0.29) is 0 Å². The monoisotopic (exact) mass is 264 g/mol. The van der Waals surface area contributed by atoms with Gasteiger partial charge in [0.1, 0.15) is 5.03 Å². The lowest BCUT2D eigenvalue weighted by molar-refractivity contribution is 0.592. The molecule has 0 spiro atoms. The third kappa shape index (κ3) is 2.08. The predicted molar refractivity (Wildman–Crippen MR) is 71.5 cm³/mol. The maximum atomic E-state index is 12.5. The number of H-pyrrole nitrogens is 1. The summed E-state index contributed by atoms with van der Waals surface area (Å²) in [5, 5.41) is 0.309. The van der Waals surface area contributed by atoms with Crippen LogP contribution in [0.3, 0.4) is 0 Å². The highest BCUT2D eigenvalue weighted by atomic mass is 32.2. The molecule has 0 saturated carbocycles. The molecule has 96 valence electrons. The third-order valence-electron chi connectivity index (χ3n) is 3.18. The molecule has 1 aromatic heterocycles. The van der Waals surface area contributed by atoms with Crippen molar-refractivity contribution < 1.29 is 8.42 Å². The van der Waals surface area contributed by atoms with E-state index in [4.69, 9.17) is 0 Å². The van der Waals surface area contributed by atoms with Gasteiger partial charge in [-0.15, -0.1) is 0 Å². The van der Waals surface area contributed by atoms with Crippen molar-refractivity contribution in [1.29, 1.82) is 0 Å². The summed E-state index contributed by atoms with van der Waals surface area (Å²) in [6, 6.07) is 6.92. The number of hydrogen-bond donors (Lipinski definition) is 1. The normalized spacial score (nSPS) is 11.7. The molecule has 1 heterocycles. The standard InChI is InChI=1S/C14H17NO2S/c1-4-12-9-15-14(11(12)3)18(16,17)13-7-5-10(2)6-8-13/h5-9,15H,4H2,1-3H3/i15+1. The van der Waals surface area contributed by atoms with Crippen molar-refractivity contribution in [2.24, 2.45) is 0 Å². The molecule has 0 atom stereocenters. The maximum Gasteiger partial charge on any atom is 0.222 e. The molecule has 0 aliphatic rings. The molecule has 2 aromatic rings. The lowest BCUT2D eigenvalue weighted by Crippen LogP contribution is -2.04. The van der Waals surface area contributed by atoms with Gasteiger partial charge in [-0.25, -0.2) is 8.42 Å². The van der Waals surface area contributed by atoms with Gasteiger partial charge >= 0.3 is 0 Å². The highest BCUT2D eigenvalue weighted by Gasteiger charge is 2.22. The second-order valence-corrected chi connectivity index (χ2v) is 6.32. The Kier molecular flexibility index (Phi) is 3.30. The molecule has 0 aliphatic carbocycles. The number of sulfone groups is 1. The Morgan fingerprint density at radius 3 is 2.22 bits per heavy atom. The fraction of sp³-hybridized carbons (Fsp3) is 0.286. The Balaban J connectivity index is 2.54. The van der Waals surface area contributed by atoms with Crippen LogP contribution >= 0.6 is 0 Å². The average molecular weight is 264 g/mol. The molecule has 1 aromatic carbocycles. The van der Waals surface area contributed by atoms with Gasteiger partial charge in [0.05, 0.1) is 4.90 Å². The van der Waals surface area contributed by atoms with Gasteiger partial charge in [0.2, 0.25) is 9.84 Å². The van der Waals surface area contributed by atoms with Gasteiger partial charge in [-0.2, -0.15) is 0 Å². The van der Waals surface area contributed by atoms with E-state index in [1.54, 1.807) is 18.3 Å². The number of aromatic amines is 1. The van der Waals surface area contributed by atoms with Crippen LogP contribution in [0.1, 0.15) is 23.6 Å². The van der Waals surface area contributed by atoms with E-state index >= 15 is 0 Å². The van der Waals surface area contributed by atoms with E-state index in [0.717, 1.165) is 23.1 Å². The zero-order valence-corrected chi connectivity index (χ0v) is 11.6. The van der Waals surface area contributed by atoms with Crippen molar-refractivity contribution in [1.82, 2.24) is 4.98 Å². The first-order valence-corrected chi connectivity index (χ1v) is 7.43. The zero-order chi connectivity index (χ0) is 13.3. The van der Waals surface area contributed by atoms with E-state index in [2.05, 4.69) is 4.98 Å². The van der Waals surface area contributed by atoms with Gasteiger partial charge in [-0.3, -0.25) is 0 Å². The van der Waals surface area contributed by atoms with Crippen LogP contribution in [0.15, 0.2) is 40.4 Å². The molecule has 0 saturated heterocycles. The van der Waals surface area contributed by atoms with Crippen LogP contribution in [-0.2, 0) is 16.3 Å². The van der Waals surface area contributed by atoms with Gasteiger partial charge in [-0.1, -0.05) is 24.6 Å². The van der Waals surface area contributed by atoms with Crippen LogP contribution in [0, 0.1) is 13.8 Å². The molecule has 1 N–H and O–H groups in total. The Bertz CT molecular complexity index is 652. The molecule has 18 heavy (non-hydrogen) atoms. The van der Waals surface area contributed by atoms with E-state index in [9.17, 15) is 8.42 Å². The smallest absolute Gasteiger partial charge is 0.222 e. The van der Waals surface area contributed by atoms with Crippen molar-refractivity contribution in [2.75, 3.05) is 0 Å². The van der Waals surface area contributed by atoms with Crippen molar-refractivity contribution >= 4 is 9.84 Å². The molecular weight excluding hydrogens is 247 g/mol. The number of aromatic nitrogens is 1. The summed E-state index contributed by atoms with van der Waals surface area (Å²) in [6.07, 6.45) is 2.60. The Morgan fingerprint density at radius 2 is 1.72 bits per heavy atom. The first kappa shape index (κ1) is 12.9. The van der Waals surface area contributed by atoms with Crippen LogP contribution in [0.2, 0.25) is 0 Å². The van der Waals surface area contributed by atoms with E-state index in [1.165, 1.54) is 0 Å². The third-order valence-corrected chi connectivity index (χ3v) is 5.03. The summed E-state index contributed by atoms with van der Waals surface area (Å²) in [4.78, 5) is 3.22. The molecule has 0 bridgehead atoms. The van der Waals surface area contributed by atoms with E-state index in [0.29, 0.717) is 9.92 Å². The predicted octanol–water partition coefficient (Wildman–Crippen LogP) is 3.03. The summed E-state index contributed by atoms with van der Waals surface area (Å²) in [6.45, 7) is 5.79. The number of nitrogens with one attached hydrogen (secondary N) is 1. The Morgan fingerprint density at radius 1 is 1.11 bits per heavy atom.